The molecule has 0 saturated carbocycles. The molecule has 0 radical (unpaired) electrons. The third-order valence-corrected chi connectivity index (χ3v) is 3.94. The van der Waals surface area contributed by atoms with Crippen LogP contribution in [-0.4, -0.2) is 17.9 Å². The van der Waals surface area contributed by atoms with Crippen molar-refractivity contribution < 1.29 is 18.7 Å². The van der Waals surface area contributed by atoms with Crippen LogP contribution in [0.3, 0.4) is 0 Å². The maximum atomic E-state index is 13.5. The van der Waals surface area contributed by atoms with Crippen molar-refractivity contribution in [2.24, 2.45) is 0 Å². The van der Waals surface area contributed by atoms with Gasteiger partial charge in [0.1, 0.15) is 0 Å². The summed E-state index contributed by atoms with van der Waals surface area (Å²) in [6.07, 6.45) is 2.00. The third-order valence-electron chi connectivity index (χ3n) is 2.98. The second kappa shape index (κ2) is 8.26. The largest absolute Gasteiger partial charge is 0.478 e. The van der Waals surface area contributed by atoms with E-state index in [9.17, 15) is 14.0 Å². The normalized spacial score (nSPS) is 12.0. The first kappa shape index (κ1) is 17.7. The topological polar surface area (TPSA) is 67.4 Å². The average Bonchev–Trinajstić information content (AvgIpc) is 2.98. The van der Waals surface area contributed by atoms with Gasteiger partial charge in [0.05, 0.1) is 0 Å². The number of rotatable bonds is 5. The van der Waals surface area contributed by atoms with Crippen molar-refractivity contribution in [3.8, 4) is 5.75 Å². The van der Waals surface area contributed by atoms with Crippen molar-refractivity contribution in [3.05, 3.63) is 58.0 Å². The minimum absolute atomic E-state index is 0.0283. The van der Waals surface area contributed by atoms with Crippen LogP contribution in [0.4, 0.5) is 4.39 Å². The molecule has 5 nitrogen and oxygen atoms in total. The molecule has 0 aliphatic carbocycles. The Balaban J connectivity index is 1.80. The standard InChI is InChI=1S/C17H17FN2O3S/c1-11-7-8-13(24-11)9-10-16(21)19-20-17(22)12(2)23-15-6-4-3-5-14(15)18/h3-10,12H,1-2H3,(H,19,21)(H,20,22)/b10-9+/t12-/m1/s1. The molecule has 0 aliphatic heterocycles. The Hall–Kier alpha value is -2.67. The number of hydrogen-bond donors (Lipinski definition) is 2. The van der Waals surface area contributed by atoms with Gasteiger partial charge in [0.2, 0.25) is 0 Å². The number of para-hydroxylation sites is 1. The number of nitrogens with one attached hydrogen (secondary N) is 2. The molecule has 0 spiro atoms. The van der Waals surface area contributed by atoms with Gasteiger partial charge in [-0.05, 0) is 44.2 Å². The third kappa shape index (κ3) is 5.20. The molecule has 2 rings (SSSR count). The van der Waals surface area contributed by atoms with Crippen molar-refractivity contribution in [1.29, 1.82) is 0 Å². The number of benzene rings is 1. The van der Waals surface area contributed by atoms with Gasteiger partial charge in [-0.2, -0.15) is 0 Å². The summed E-state index contributed by atoms with van der Waals surface area (Å²) in [6, 6.07) is 9.62. The maximum Gasteiger partial charge on any atom is 0.279 e. The van der Waals surface area contributed by atoms with E-state index in [0.717, 1.165) is 9.75 Å². The van der Waals surface area contributed by atoms with Crippen LogP contribution in [0.1, 0.15) is 16.7 Å². The molecule has 1 aromatic heterocycles. The highest BCUT2D eigenvalue weighted by Gasteiger charge is 2.16. The Morgan fingerprint density at radius 3 is 2.62 bits per heavy atom. The zero-order chi connectivity index (χ0) is 17.5. The molecule has 1 aromatic carbocycles. The predicted octanol–water partition coefficient (Wildman–Crippen LogP) is 2.82. The summed E-state index contributed by atoms with van der Waals surface area (Å²) in [5.74, 6) is -1.66. The number of halogens is 1. The monoisotopic (exact) mass is 348 g/mol. The van der Waals surface area contributed by atoms with Crippen molar-refractivity contribution in [3.63, 3.8) is 0 Å². The molecule has 0 bridgehead atoms. The van der Waals surface area contributed by atoms with E-state index in [-0.39, 0.29) is 5.75 Å². The number of hydrogen-bond acceptors (Lipinski definition) is 4. The SMILES string of the molecule is Cc1ccc(/C=C/C(=O)NNC(=O)[C@@H](C)Oc2ccccc2F)s1. The van der Waals surface area contributed by atoms with Gasteiger partial charge in [-0.1, -0.05) is 12.1 Å². The number of ether oxygens (including phenoxy) is 1. The lowest BCUT2D eigenvalue weighted by molar-refractivity contribution is -0.131. The molecule has 1 heterocycles. The molecule has 2 N–H and O–H groups in total. The van der Waals surface area contributed by atoms with E-state index in [1.807, 2.05) is 19.1 Å². The molecular formula is C17H17FN2O3S. The molecule has 0 aliphatic rings. The summed E-state index contributed by atoms with van der Waals surface area (Å²) in [4.78, 5) is 25.6. The Kier molecular flexibility index (Phi) is 6.08. The number of thiophene rings is 1. The van der Waals surface area contributed by atoms with Crippen LogP contribution < -0.4 is 15.6 Å². The highest BCUT2D eigenvalue weighted by atomic mass is 32.1. The molecule has 0 saturated heterocycles. The first-order chi connectivity index (χ1) is 11.5. The number of amides is 2. The number of carbonyl (C=O) groups excluding carboxylic acids is 2. The second-order valence-corrected chi connectivity index (χ2v) is 6.27. The zero-order valence-corrected chi connectivity index (χ0v) is 14.0. The molecule has 0 fully saturated rings. The Bertz CT molecular complexity index is 758. The second-order valence-electron chi connectivity index (χ2n) is 4.95. The highest BCUT2D eigenvalue weighted by Crippen LogP contribution is 2.17. The lowest BCUT2D eigenvalue weighted by Crippen LogP contribution is -2.46. The molecule has 2 amide bonds. The van der Waals surface area contributed by atoms with E-state index >= 15 is 0 Å². The van der Waals surface area contributed by atoms with Crippen LogP contribution in [0.15, 0.2) is 42.5 Å². The average molecular weight is 348 g/mol. The van der Waals surface area contributed by atoms with Gasteiger partial charge in [0, 0.05) is 15.8 Å². The van der Waals surface area contributed by atoms with Crippen LogP contribution in [-0.2, 0) is 9.59 Å². The first-order valence-electron chi connectivity index (χ1n) is 7.21. The summed E-state index contributed by atoms with van der Waals surface area (Å²) in [5, 5.41) is 0. The highest BCUT2D eigenvalue weighted by molar-refractivity contribution is 7.12. The summed E-state index contributed by atoms with van der Waals surface area (Å²) >= 11 is 1.55. The van der Waals surface area contributed by atoms with E-state index in [1.165, 1.54) is 31.2 Å². The van der Waals surface area contributed by atoms with Gasteiger partial charge in [-0.15, -0.1) is 11.3 Å². The quantitative estimate of drug-likeness (QED) is 0.645. The van der Waals surface area contributed by atoms with Gasteiger partial charge < -0.3 is 4.74 Å². The number of aryl methyl sites for hydroxylation is 1. The minimum atomic E-state index is -0.967. The minimum Gasteiger partial charge on any atom is -0.478 e. The van der Waals surface area contributed by atoms with Gasteiger partial charge in [-0.3, -0.25) is 20.4 Å². The van der Waals surface area contributed by atoms with Gasteiger partial charge in [-0.25, -0.2) is 4.39 Å². The van der Waals surface area contributed by atoms with Crippen LogP contribution >= 0.6 is 11.3 Å². The molecular weight excluding hydrogens is 331 g/mol. The van der Waals surface area contributed by atoms with Crippen LogP contribution in [0.5, 0.6) is 5.75 Å². The van der Waals surface area contributed by atoms with E-state index in [4.69, 9.17) is 4.74 Å². The van der Waals surface area contributed by atoms with E-state index in [1.54, 1.807) is 23.5 Å². The Labute approximate surface area is 143 Å². The van der Waals surface area contributed by atoms with Gasteiger partial charge in [0.25, 0.3) is 11.8 Å². The fourth-order valence-corrected chi connectivity index (χ4v) is 2.53. The fourth-order valence-electron chi connectivity index (χ4n) is 1.75. The smallest absolute Gasteiger partial charge is 0.279 e. The molecule has 2 aromatic rings. The number of carbonyl (C=O) groups is 2. The molecule has 7 heteroatoms. The van der Waals surface area contributed by atoms with Crippen molar-refractivity contribution >= 4 is 29.2 Å². The van der Waals surface area contributed by atoms with E-state index in [2.05, 4.69) is 10.9 Å². The van der Waals surface area contributed by atoms with Crippen molar-refractivity contribution in [2.75, 3.05) is 0 Å². The van der Waals surface area contributed by atoms with Crippen LogP contribution in [0, 0.1) is 12.7 Å². The van der Waals surface area contributed by atoms with Crippen LogP contribution in [0.2, 0.25) is 0 Å². The summed E-state index contributed by atoms with van der Waals surface area (Å²) in [5.41, 5.74) is 4.48. The molecule has 0 unspecified atom stereocenters. The predicted molar refractivity (Wildman–Crippen MR) is 90.9 cm³/mol. The summed E-state index contributed by atoms with van der Waals surface area (Å²) in [6.45, 7) is 3.43. The zero-order valence-electron chi connectivity index (χ0n) is 13.2. The van der Waals surface area contributed by atoms with Crippen molar-refractivity contribution in [1.82, 2.24) is 10.9 Å². The fraction of sp³-hybridized carbons (Fsp3) is 0.176. The maximum absolute atomic E-state index is 13.5. The lowest BCUT2D eigenvalue weighted by Gasteiger charge is -2.15. The molecule has 24 heavy (non-hydrogen) atoms. The Morgan fingerprint density at radius 1 is 1.21 bits per heavy atom. The van der Waals surface area contributed by atoms with E-state index in [0.29, 0.717) is 0 Å². The Morgan fingerprint density at radius 2 is 1.96 bits per heavy atom. The lowest BCUT2D eigenvalue weighted by atomic mass is 10.3. The number of hydrazine groups is 1. The first-order valence-corrected chi connectivity index (χ1v) is 8.03. The molecule has 1 atom stereocenters. The summed E-state index contributed by atoms with van der Waals surface area (Å²) in [7, 11) is 0. The molecule has 126 valence electrons. The summed E-state index contributed by atoms with van der Waals surface area (Å²) < 4.78 is 18.7. The van der Waals surface area contributed by atoms with E-state index < -0.39 is 23.7 Å². The van der Waals surface area contributed by atoms with Gasteiger partial charge >= 0.3 is 0 Å². The van der Waals surface area contributed by atoms with Crippen LogP contribution in [0.25, 0.3) is 6.08 Å². The van der Waals surface area contributed by atoms with Gasteiger partial charge in [0.15, 0.2) is 17.7 Å². The van der Waals surface area contributed by atoms with Crippen molar-refractivity contribution in [2.45, 2.75) is 20.0 Å².